The van der Waals surface area contributed by atoms with E-state index in [2.05, 4.69) is 67.5 Å². The first kappa shape index (κ1) is 50.2. The number of aromatic nitrogens is 3. The van der Waals surface area contributed by atoms with Crippen LogP contribution in [0.4, 0.5) is 0 Å². The quantitative estimate of drug-likeness (QED) is 0.0349. The third-order valence-corrected chi connectivity index (χ3v) is 9.62. The van der Waals surface area contributed by atoms with Gasteiger partial charge in [-0.3, -0.25) is 33.4 Å². The molecule has 0 saturated carbocycles. The Morgan fingerprint density at radius 2 is 1.29 bits per heavy atom. The number of thiol groups is 2. The second-order valence-corrected chi connectivity index (χ2v) is 14.9. The average Bonchev–Trinajstić information content (AvgIpc) is 3.67. The van der Waals surface area contributed by atoms with E-state index in [9.17, 15) is 48.9 Å². The number of nitrogens with two attached hydrogens (primary N) is 1. The third-order valence-electron chi connectivity index (χ3n) is 8.89. The predicted molar refractivity (Wildman–Crippen MR) is 222 cm³/mol. The molecule has 20 nitrogen and oxygen atoms in total. The average molecular weight is 867 g/mol. The highest BCUT2D eigenvalue weighted by Gasteiger charge is 2.33. The molecule has 0 bridgehead atoms. The number of benzene rings is 1. The number of phenolic OH excluding ortho intramolecular Hbond substituents is 1. The minimum absolute atomic E-state index is 0.0292. The van der Waals surface area contributed by atoms with Crippen molar-refractivity contribution < 1.29 is 48.9 Å². The lowest BCUT2D eigenvalue weighted by Gasteiger charge is -2.26. The first-order valence-corrected chi connectivity index (χ1v) is 20.6. The van der Waals surface area contributed by atoms with Crippen LogP contribution in [0.25, 0.3) is 0 Å². The molecule has 11 N–H and O–H groups in total. The van der Waals surface area contributed by atoms with E-state index in [-0.39, 0.29) is 55.3 Å². The van der Waals surface area contributed by atoms with Crippen LogP contribution >= 0.6 is 25.3 Å². The van der Waals surface area contributed by atoms with E-state index in [0.29, 0.717) is 37.2 Å². The van der Waals surface area contributed by atoms with Gasteiger partial charge < -0.3 is 53.0 Å². The number of aliphatic hydroxyl groups is 1. The number of phenols is 1. The zero-order valence-electron chi connectivity index (χ0n) is 33.4. The normalized spacial score (nSPS) is 14.2. The van der Waals surface area contributed by atoms with Crippen molar-refractivity contribution >= 4 is 66.7 Å². The lowest BCUT2D eigenvalue weighted by atomic mass is 10.0. The Bertz CT molecular complexity index is 1700. The Kier molecular flexibility index (Phi) is 22.3. The van der Waals surface area contributed by atoms with Crippen LogP contribution in [-0.4, -0.2) is 133 Å². The van der Waals surface area contributed by atoms with E-state index in [4.69, 9.17) is 5.73 Å². The van der Waals surface area contributed by atoms with Gasteiger partial charge in [0.25, 0.3) is 0 Å². The number of amides is 6. The summed E-state index contributed by atoms with van der Waals surface area (Å²) in [5.74, 6) is -6.63. The van der Waals surface area contributed by atoms with Gasteiger partial charge in [-0.25, -0.2) is 4.79 Å². The number of hydrogen-bond donors (Lipinski definition) is 12. The standard InChI is InChI=1S/C37H58N10O10S2/c1-4-47-17-23(45-46-47)10-13-31(50)39-25(7-5-6-14-38)32(51)43-30(20-59)36(55)44-29(19-58)35(54)40-26(16-22-8-11-24(49)12-9-22)33(52)42-28(18-48)34(53)41-27(37(56)57)15-21(2)3/h8-9,11-12,17,21,25-30,48-49,58-59H,4-7,10,13-16,18-20,38H2,1-3H3,(H,39,50)(H,40,54)(H,41,53)(H,42,52)(H,43,51)(H,44,55)(H,56,57)/t25-,26+,27-,28-,29-,30-/m0/s1. The summed E-state index contributed by atoms with van der Waals surface area (Å²) in [6, 6.07) is -2.28. The number of hydrogen-bond acceptors (Lipinski definition) is 14. The molecule has 0 spiro atoms. The number of aliphatic carboxylic acids is 1. The Hall–Kier alpha value is -4.93. The molecule has 2 aromatic rings. The van der Waals surface area contributed by atoms with Crippen LogP contribution in [0.15, 0.2) is 30.5 Å². The fourth-order valence-corrected chi connectivity index (χ4v) is 6.11. The molecule has 0 aliphatic rings. The number of carbonyl (C=O) groups excluding carboxylic acids is 6. The first-order chi connectivity index (χ1) is 28.0. The Morgan fingerprint density at radius 3 is 1.80 bits per heavy atom. The number of unbranched alkanes of at least 4 members (excludes halogenated alkanes) is 1. The summed E-state index contributed by atoms with van der Waals surface area (Å²) < 4.78 is 1.63. The van der Waals surface area contributed by atoms with Gasteiger partial charge in [0.05, 0.1) is 12.3 Å². The van der Waals surface area contributed by atoms with Crippen molar-refractivity contribution in [3.05, 3.63) is 41.7 Å². The van der Waals surface area contributed by atoms with Gasteiger partial charge in [0.15, 0.2) is 0 Å². The molecule has 0 aliphatic heterocycles. The summed E-state index contributed by atoms with van der Waals surface area (Å²) in [5.41, 5.74) is 6.71. The molecule has 0 radical (unpaired) electrons. The number of rotatable bonds is 27. The van der Waals surface area contributed by atoms with Crippen molar-refractivity contribution in [1.29, 1.82) is 0 Å². The maximum atomic E-state index is 13.6. The van der Waals surface area contributed by atoms with E-state index in [0.717, 1.165) is 0 Å². The molecule has 1 aromatic carbocycles. The van der Waals surface area contributed by atoms with Crippen molar-refractivity contribution in [3.8, 4) is 5.75 Å². The molecule has 6 amide bonds. The molecule has 2 rings (SSSR count). The van der Waals surface area contributed by atoms with Gasteiger partial charge in [-0.1, -0.05) is 31.2 Å². The van der Waals surface area contributed by atoms with Crippen molar-refractivity contribution in [3.63, 3.8) is 0 Å². The number of aliphatic hydroxyl groups excluding tert-OH is 1. The topological polar surface area (TPSA) is 309 Å². The van der Waals surface area contributed by atoms with E-state index < -0.39 is 84.3 Å². The molecule has 0 fully saturated rings. The van der Waals surface area contributed by atoms with Gasteiger partial charge in [0.2, 0.25) is 35.4 Å². The summed E-state index contributed by atoms with van der Waals surface area (Å²) in [5, 5.41) is 52.2. The van der Waals surface area contributed by atoms with Gasteiger partial charge >= 0.3 is 5.97 Å². The smallest absolute Gasteiger partial charge is 0.326 e. The summed E-state index contributed by atoms with van der Waals surface area (Å²) in [6.07, 6.45) is 3.26. The summed E-state index contributed by atoms with van der Waals surface area (Å²) in [7, 11) is 0. The number of nitrogens with zero attached hydrogens (tertiary/aromatic N) is 3. The van der Waals surface area contributed by atoms with Crippen LogP contribution in [0.3, 0.4) is 0 Å². The molecule has 6 atom stereocenters. The van der Waals surface area contributed by atoms with Crippen LogP contribution in [0.5, 0.6) is 5.75 Å². The SMILES string of the molecule is CCn1cc(CCC(=O)N[C@@H](CCCCN)C(=O)N[C@@H](CS)C(=O)N[C@@H](CS)C(=O)N[C@H](Cc2ccc(O)cc2)C(=O)N[C@@H](CO)C(=O)N[C@@H](CC(C)C)C(=O)O)nn1. The van der Waals surface area contributed by atoms with E-state index in [1.807, 2.05) is 6.92 Å². The van der Waals surface area contributed by atoms with Gasteiger partial charge in [-0.2, -0.15) is 25.3 Å². The molecule has 1 aromatic heterocycles. The molecule has 0 saturated heterocycles. The van der Waals surface area contributed by atoms with Crippen LogP contribution in [-0.2, 0) is 52.9 Å². The van der Waals surface area contributed by atoms with Gasteiger partial charge in [-0.15, -0.1) is 5.10 Å². The summed E-state index contributed by atoms with van der Waals surface area (Å²) >= 11 is 8.43. The third kappa shape index (κ3) is 17.8. The molecule has 0 unspecified atom stereocenters. The number of carboxylic acid groups (broad SMARTS) is 1. The highest BCUT2D eigenvalue weighted by atomic mass is 32.1. The van der Waals surface area contributed by atoms with E-state index >= 15 is 0 Å². The maximum Gasteiger partial charge on any atom is 0.326 e. The molecule has 0 aliphatic carbocycles. The molecule has 328 valence electrons. The minimum Gasteiger partial charge on any atom is -0.508 e. The van der Waals surface area contributed by atoms with Crippen molar-refractivity contribution in [1.82, 2.24) is 46.9 Å². The zero-order valence-corrected chi connectivity index (χ0v) is 35.2. The lowest BCUT2D eigenvalue weighted by Crippen LogP contribution is -2.61. The van der Waals surface area contributed by atoms with Crippen LogP contribution in [0, 0.1) is 5.92 Å². The van der Waals surface area contributed by atoms with Gasteiger partial charge in [-0.05, 0) is 62.8 Å². The van der Waals surface area contributed by atoms with Gasteiger partial charge in [0.1, 0.15) is 42.0 Å². The fraction of sp³-hybridized carbons (Fsp3) is 0.595. The molecule has 22 heteroatoms. The maximum absolute atomic E-state index is 13.6. The first-order valence-electron chi connectivity index (χ1n) is 19.3. The Balaban J connectivity index is 2.18. The summed E-state index contributed by atoms with van der Waals surface area (Å²) in [4.78, 5) is 91.6. The van der Waals surface area contributed by atoms with Crippen LogP contribution in [0.2, 0.25) is 0 Å². The number of carbonyl (C=O) groups is 7. The molecule has 59 heavy (non-hydrogen) atoms. The Morgan fingerprint density at radius 1 is 0.763 bits per heavy atom. The van der Waals surface area contributed by atoms with E-state index in [1.54, 1.807) is 24.7 Å². The number of nitrogens with one attached hydrogen (secondary N) is 6. The number of aromatic hydroxyl groups is 1. The van der Waals surface area contributed by atoms with Gasteiger partial charge in [0, 0.05) is 43.5 Å². The van der Waals surface area contributed by atoms with E-state index in [1.165, 1.54) is 24.3 Å². The fourth-order valence-electron chi connectivity index (χ4n) is 5.59. The summed E-state index contributed by atoms with van der Waals surface area (Å²) in [6.45, 7) is 5.50. The highest BCUT2D eigenvalue weighted by molar-refractivity contribution is 7.80. The minimum atomic E-state index is -1.59. The van der Waals surface area contributed by atoms with Crippen molar-refractivity contribution in [2.75, 3.05) is 24.7 Å². The molecular formula is C37H58N10O10S2. The van der Waals surface area contributed by atoms with Crippen molar-refractivity contribution in [2.45, 2.75) is 109 Å². The predicted octanol–water partition coefficient (Wildman–Crippen LogP) is -1.80. The molecule has 1 heterocycles. The second-order valence-electron chi connectivity index (χ2n) is 14.2. The van der Waals surface area contributed by atoms with Crippen LogP contribution in [0.1, 0.15) is 64.1 Å². The number of aryl methyl sites for hydroxylation is 2. The zero-order chi connectivity index (χ0) is 44.1. The largest absolute Gasteiger partial charge is 0.508 e. The molecular weight excluding hydrogens is 809 g/mol. The van der Waals surface area contributed by atoms with Crippen LogP contribution < -0.4 is 37.6 Å². The van der Waals surface area contributed by atoms with Crippen molar-refractivity contribution in [2.24, 2.45) is 11.7 Å². The number of carboxylic acids is 1. The lowest BCUT2D eigenvalue weighted by molar-refractivity contribution is -0.143. The highest BCUT2D eigenvalue weighted by Crippen LogP contribution is 2.13. The second kappa shape index (κ2) is 26.2. The Labute approximate surface area is 353 Å². The monoisotopic (exact) mass is 866 g/mol.